The van der Waals surface area contributed by atoms with Gasteiger partial charge in [0.1, 0.15) is 5.75 Å². The molecule has 0 aromatic heterocycles. The smallest absolute Gasteiger partial charge is 0.255 e. The molecule has 1 fully saturated rings. The van der Waals surface area contributed by atoms with Crippen LogP contribution in [0.15, 0.2) is 18.2 Å². The van der Waals surface area contributed by atoms with E-state index in [-0.39, 0.29) is 5.91 Å². The second-order valence-electron chi connectivity index (χ2n) is 6.31. The van der Waals surface area contributed by atoms with Crippen LogP contribution in [-0.2, 0) is 0 Å². The van der Waals surface area contributed by atoms with Crippen molar-refractivity contribution in [3.8, 4) is 5.75 Å². The summed E-state index contributed by atoms with van der Waals surface area (Å²) in [6.07, 6.45) is 3.67. The van der Waals surface area contributed by atoms with Crippen LogP contribution in [0.2, 0.25) is 0 Å². The number of nitrogens with one attached hydrogen (secondary N) is 1. The Labute approximate surface area is 126 Å². The Hall–Kier alpha value is -1.55. The standard InChI is InChI=1S/C17H25NO3/c1-12-6-7-15(21-3)14(9-12)16(19)18-11-17(20)8-4-5-13(2)10-17/h6-7,9,13,20H,4-5,8,10-11H2,1-3H3,(H,18,19). The lowest BCUT2D eigenvalue weighted by Gasteiger charge is -2.35. The molecule has 1 aromatic rings. The number of carbonyl (C=O) groups excluding carboxylic acids is 1. The first-order valence-corrected chi connectivity index (χ1v) is 7.59. The lowest BCUT2D eigenvalue weighted by Crippen LogP contribution is -2.45. The second-order valence-corrected chi connectivity index (χ2v) is 6.31. The van der Waals surface area contributed by atoms with Crippen LogP contribution in [0.25, 0.3) is 0 Å². The van der Waals surface area contributed by atoms with Gasteiger partial charge in [0.15, 0.2) is 0 Å². The van der Waals surface area contributed by atoms with Gasteiger partial charge in [-0.25, -0.2) is 0 Å². The summed E-state index contributed by atoms with van der Waals surface area (Å²) in [6, 6.07) is 5.51. The monoisotopic (exact) mass is 291 g/mol. The molecule has 1 aromatic carbocycles. The van der Waals surface area contributed by atoms with Crippen LogP contribution in [0.4, 0.5) is 0 Å². The van der Waals surface area contributed by atoms with Crippen LogP contribution in [0.3, 0.4) is 0 Å². The van der Waals surface area contributed by atoms with Crippen LogP contribution < -0.4 is 10.1 Å². The van der Waals surface area contributed by atoms with E-state index in [4.69, 9.17) is 4.74 Å². The number of benzene rings is 1. The molecule has 1 aliphatic rings. The number of amides is 1. The molecule has 4 heteroatoms. The molecule has 2 atom stereocenters. The molecule has 0 heterocycles. The maximum Gasteiger partial charge on any atom is 0.255 e. The highest BCUT2D eigenvalue weighted by Crippen LogP contribution is 2.31. The van der Waals surface area contributed by atoms with Gasteiger partial charge in [0.05, 0.1) is 18.3 Å². The Balaban J connectivity index is 2.03. The predicted octanol–water partition coefficient (Wildman–Crippen LogP) is 2.67. The Bertz CT molecular complexity index is 515. The molecule has 2 rings (SSSR count). The third-order valence-electron chi connectivity index (χ3n) is 4.25. The molecule has 0 aliphatic heterocycles. The number of aryl methyl sites for hydroxylation is 1. The average molecular weight is 291 g/mol. The van der Waals surface area contributed by atoms with Gasteiger partial charge in [-0.2, -0.15) is 0 Å². The number of ether oxygens (including phenoxy) is 1. The van der Waals surface area contributed by atoms with Crippen molar-refractivity contribution in [1.29, 1.82) is 0 Å². The molecule has 21 heavy (non-hydrogen) atoms. The number of rotatable bonds is 4. The van der Waals surface area contributed by atoms with Gasteiger partial charge in [-0.3, -0.25) is 4.79 Å². The van der Waals surface area contributed by atoms with E-state index in [0.29, 0.717) is 23.8 Å². The fraction of sp³-hybridized carbons (Fsp3) is 0.588. The van der Waals surface area contributed by atoms with Crippen molar-refractivity contribution < 1.29 is 14.6 Å². The van der Waals surface area contributed by atoms with Gasteiger partial charge in [-0.1, -0.05) is 31.4 Å². The van der Waals surface area contributed by atoms with Gasteiger partial charge in [0.2, 0.25) is 0 Å². The number of hydrogen-bond donors (Lipinski definition) is 2. The molecule has 0 bridgehead atoms. The molecular formula is C17H25NO3. The predicted molar refractivity (Wildman–Crippen MR) is 82.6 cm³/mol. The third-order valence-corrected chi connectivity index (χ3v) is 4.25. The van der Waals surface area contributed by atoms with Crippen LogP contribution in [0.5, 0.6) is 5.75 Å². The van der Waals surface area contributed by atoms with Crippen LogP contribution in [-0.4, -0.2) is 30.3 Å². The van der Waals surface area contributed by atoms with E-state index >= 15 is 0 Å². The first-order chi connectivity index (χ1) is 9.93. The summed E-state index contributed by atoms with van der Waals surface area (Å²) in [6.45, 7) is 4.38. The minimum atomic E-state index is -0.773. The quantitative estimate of drug-likeness (QED) is 0.896. The van der Waals surface area contributed by atoms with Crippen LogP contribution in [0.1, 0.15) is 48.5 Å². The lowest BCUT2D eigenvalue weighted by atomic mass is 9.79. The molecule has 4 nitrogen and oxygen atoms in total. The molecule has 116 valence electrons. The van der Waals surface area contributed by atoms with Gasteiger partial charge in [-0.15, -0.1) is 0 Å². The highest BCUT2D eigenvalue weighted by atomic mass is 16.5. The third kappa shape index (κ3) is 3.97. The zero-order valence-electron chi connectivity index (χ0n) is 13.1. The minimum absolute atomic E-state index is 0.192. The molecule has 2 unspecified atom stereocenters. The Morgan fingerprint density at radius 2 is 2.29 bits per heavy atom. The van der Waals surface area contributed by atoms with Crippen molar-refractivity contribution >= 4 is 5.91 Å². The maximum atomic E-state index is 12.3. The largest absolute Gasteiger partial charge is 0.496 e. The van der Waals surface area contributed by atoms with E-state index in [9.17, 15) is 9.90 Å². The van der Waals surface area contributed by atoms with Gasteiger partial charge in [-0.05, 0) is 37.8 Å². The van der Waals surface area contributed by atoms with Gasteiger partial charge < -0.3 is 15.2 Å². The summed E-state index contributed by atoms with van der Waals surface area (Å²) in [5, 5.41) is 13.4. The lowest BCUT2D eigenvalue weighted by molar-refractivity contribution is -0.0109. The molecule has 1 saturated carbocycles. The summed E-state index contributed by atoms with van der Waals surface area (Å²) in [4.78, 5) is 12.3. The van der Waals surface area contributed by atoms with Gasteiger partial charge in [0, 0.05) is 6.54 Å². The Morgan fingerprint density at radius 1 is 1.52 bits per heavy atom. The number of carbonyl (C=O) groups is 1. The van der Waals surface area contributed by atoms with E-state index in [0.717, 1.165) is 31.2 Å². The van der Waals surface area contributed by atoms with Crippen molar-refractivity contribution in [2.75, 3.05) is 13.7 Å². The second kappa shape index (κ2) is 6.48. The van der Waals surface area contributed by atoms with E-state index < -0.39 is 5.60 Å². The molecule has 2 N–H and O–H groups in total. The fourth-order valence-corrected chi connectivity index (χ4v) is 3.13. The van der Waals surface area contributed by atoms with E-state index in [1.54, 1.807) is 13.2 Å². The number of hydrogen-bond acceptors (Lipinski definition) is 3. The molecule has 1 amide bonds. The molecule has 0 radical (unpaired) electrons. The highest BCUT2D eigenvalue weighted by molar-refractivity contribution is 5.97. The van der Waals surface area contributed by atoms with Crippen molar-refractivity contribution in [1.82, 2.24) is 5.32 Å². The topological polar surface area (TPSA) is 58.6 Å². The van der Waals surface area contributed by atoms with Gasteiger partial charge >= 0.3 is 0 Å². The summed E-state index contributed by atoms with van der Waals surface area (Å²) in [5.74, 6) is 0.874. The fourth-order valence-electron chi connectivity index (χ4n) is 3.13. The highest BCUT2D eigenvalue weighted by Gasteiger charge is 2.33. The van der Waals surface area contributed by atoms with E-state index in [1.807, 2.05) is 19.1 Å². The molecule has 0 spiro atoms. The number of methoxy groups -OCH3 is 1. The molecular weight excluding hydrogens is 266 g/mol. The summed E-state index contributed by atoms with van der Waals surface area (Å²) >= 11 is 0. The Kier molecular flexibility index (Phi) is 4.88. The first-order valence-electron chi connectivity index (χ1n) is 7.59. The van der Waals surface area contributed by atoms with Crippen LogP contribution >= 0.6 is 0 Å². The minimum Gasteiger partial charge on any atom is -0.496 e. The van der Waals surface area contributed by atoms with E-state index in [1.165, 1.54) is 0 Å². The summed E-state index contributed by atoms with van der Waals surface area (Å²) in [5.41, 5.74) is 0.751. The van der Waals surface area contributed by atoms with Crippen molar-refractivity contribution in [2.45, 2.75) is 45.1 Å². The molecule has 1 aliphatic carbocycles. The average Bonchev–Trinajstić information content (AvgIpc) is 2.44. The van der Waals surface area contributed by atoms with Crippen LogP contribution in [0, 0.1) is 12.8 Å². The van der Waals surface area contributed by atoms with E-state index in [2.05, 4.69) is 12.2 Å². The summed E-state index contributed by atoms with van der Waals surface area (Å²) < 4.78 is 5.23. The van der Waals surface area contributed by atoms with Crippen molar-refractivity contribution in [3.05, 3.63) is 29.3 Å². The van der Waals surface area contributed by atoms with Gasteiger partial charge in [0.25, 0.3) is 5.91 Å². The summed E-state index contributed by atoms with van der Waals surface area (Å²) in [7, 11) is 1.55. The zero-order chi connectivity index (χ0) is 15.5. The number of aliphatic hydroxyl groups is 1. The maximum absolute atomic E-state index is 12.3. The van der Waals surface area contributed by atoms with Crippen molar-refractivity contribution in [3.63, 3.8) is 0 Å². The Morgan fingerprint density at radius 3 is 2.95 bits per heavy atom. The van der Waals surface area contributed by atoms with Crippen molar-refractivity contribution in [2.24, 2.45) is 5.92 Å². The SMILES string of the molecule is COc1ccc(C)cc1C(=O)NCC1(O)CCCC(C)C1. The first kappa shape index (κ1) is 15.8. The molecule has 0 saturated heterocycles. The normalized spacial score (nSPS) is 25.4. The zero-order valence-corrected chi connectivity index (χ0v) is 13.1.